The van der Waals surface area contributed by atoms with Gasteiger partial charge in [0, 0.05) is 38.4 Å². The molecule has 0 aromatic carbocycles. The Balaban J connectivity index is 1.92. The molecule has 0 fully saturated rings. The summed E-state index contributed by atoms with van der Waals surface area (Å²) in [7, 11) is 1.58. The Morgan fingerprint density at radius 3 is 2.91 bits per heavy atom. The molecule has 0 amide bonds. The van der Waals surface area contributed by atoms with Crippen LogP contribution in [0.3, 0.4) is 0 Å². The molecule has 2 rings (SSSR count). The molecule has 8 heteroatoms. The molecular formula is C14H19F3N2O3. The van der Waals surface area contributed by atoms with Gasteiger partial charge >= 0.3 is 12.1 Å². The Morgan fingerprint density at radius 1 is 1.55 bits per heavy atom. The van der Waals surface area contributed by atoms with E-state index in [2.05, 4.69) is 4.98 Å². The number of carbonyl (C=O) groups is 1. The van der Waals surface area contributed by atoms with Crippen LogP contribution in [0.5, 0.6) is 0 Å². The number of hydrogen-bond donors (Lipinski definition) is 0. The molecule has 22 heavy (non-hydrogen) atoms. The van der Waals surface area contributed by atoms with E-state index in [1.807, 2.05) is 6.92 Å². The molecule has 0 spiro atoms. The molecule has 0 saturated carbocycles. The molecule has 0 radical (unpaired) electrons. The summed E-state index contributed by atoms with van der Waals surface area (Å²) in [5.74, 6) is -1.68. The fourth-order valence-corrected chi connectivity index (χ4v) is 2.45. The van der Waals surface area contributed by atoms with E-state index in [0.717, 1.165) is 4.57 Å². The van der Waals surface area contributed by atoms with Crippen LogP contribution in [0.4, 0.5) is 13.2 Å². The molecule has 5 nitrogen and oxygen atoms in total. The molecular weight excluding hydrogens is 301 g/mol. The van der Waals surface area contributed by atoms with Crippen LogP contribution in [0.15, 0.2) is 6.20 Å². The van der Waals surface area contributed by atoms with Crippen molar-refractivity contribution in [3.05, 3.63) is 17.7 Å². The highest BCUT2D eigenvalue weighted by Gasteiger charge is 2.39. The van der Waals surface area contributed by atoms with Crippen molar-refractivity contribution >= 4 is 5.97 Å². The third-order valence-electron chi connectivity index (χ3n) is 3.85. The van der Waals surface area contributed by atoms with Crippen LogP contribution < -0.4 is 0 Å². The molecule has 1 aliphatic rings. The van der Waals surface area contributed by atoms with E-state index in [0.29, 0.717) is 18.5 Å². The summed E-state index contributed by atoms with van der Waals surface area (Å²) in [5, 5.41) is 0. The number of carbonyl (C=O) groups excluding carboxylic acids is 1. The van der Waals surface area contributed by atoms with Crippen molar-refractivity contribution in [3.8, 4) is 0 Å². The molecule has 1 aromatic rings. The van der Waals surface area contributed by atoms with Gasteiger partial charge in [-0.15, -0.1) is 0 Å². The second kappa shape index (κ2) is 6.68. The smallest absolute Gasteiger partial charge is 0.449 e. The molecule has 0 saturated heterocycles. The number of methoxy groups -OCH3 is 1. The van der Waals surface area contributed by atoms with Gasteiger partial charge in [0.05, 0.1) is 18.6 Å². The highest BCUT2D eigenvalue weighted by atomic mass is 19.4. The molecule has 2 unspecified atom stereocenters. The number of hydrogen-bond acceptors (Lipinski definition) is 4. The highest BCUT2D eigenvalue weighted by Crippen LogP contribution is 2.32. The zero-order valence-electron chi connectivity index (χ0n) is 12.5. The van der Waals surface area contributed by atoms with Crippen LogP contribution in [0.2, 0.25) is 0 Å². The van der Waals surface area contributed by atoms with Crippen LogP contribution in [-0.2, 0) is 33.4 Å². The number of rotatable bonds is 5. The normalized spacial score (nSPS) is 19.6. The standard InChI is InChI=1S/C14H19F3N2O3/c1-9(21-2)4-6-22-12(20)10-3-5-19-11(7-10)8-18-13(19)14(15,16)17/h8-10H,3-7H2,1-2H3. The Bertz CT molecular complexity index is 528. The maximum atomic E-state index is 12.8. The lowest BCUT2D eigenvalue weighted by Gasteiger charge is -2.24. The maximum absolute atomic E-state index is 12.8. The van der Waals surface area contributed by atoms with E-state index in [9.17, 15) is 18.0 Å². The second-order valence-electron chi connectivity index (χ2n) is 5.41. The largest absolute Gasteiger partial charge is 0.465 e. The number of imidazole rings is 1. The third-order valence-corrected chi connectivity index (χ3v) is 3.85. The van der Waals surface area contributed by atoms with Crippen LogP contribution in [0.25, 0.3) is 0 Å². The summed E-state index contributed by atoms with van der Waals surface area (Å²) in [6.07, 6.45) is -2.15. The molecule has 1 aliphatic heterocycles. The minimum atomic E-state index is -4.47. The van der Waals surface area contributed by atoms with Gasteiger partial charge in [-0.25, -0.2) is 4.98 Å². The lowest BCUT2D eigenvalue weighted by molar-refractivity contribution is -0.150. The van der Waals surface area contributed by atoms with Gasteiger partial charge in [0.2, 0.25) is 5.82 Å². The predicted octanol–water partition coefficient (Wildman–Crippen LogP) is 2.43. The average Bonchev–Trinajstić information content (AvgIpc) is 2.89. The Hall–Kier alpha value is -1.57. The summed E-state index contributed by atoms with van der Waals surface area (Å²) >= 11 is 0. The van der Waals surface area contributed by atoms with E-state index < -0.39 is 17.9 Å². The van der Waals surface area contributed by atoms with Crippen LogP contribution in [0, 0.1) is 5.92 Å². The SMILES string of the molecule is COC(C)CCOC(=O)C1CCn2c(cnc2C(F)(F)F)C1. The topological polar surface area (TPSA) is 53.4 Å². The van der Waals surface area contributed by atoms with Gasteiger partial charge in [0.15, 0.2) is 0 Å². The van der Waals surface area contributed by atoms with E-state index in [1.54, 1.807) is 7.11 Å². The van der Waals surface area contributed by atoms with Crippen molar-refractivity contribution < 1.29 is 27.4 Å². The summed E-state index contributed by atoms with van der Waals surface area (Å²) in [5.41, 5.74) is 0.422. The minimum Gasteiger partial charge on any atom is -0.465 e. The lowest BCUT2D eigenvalue weighted by Crippen LogP contribution is -2.29. The zero-order chi connectivity index (χ0) is 16.3. The van der Waals surface area contributed by atoms with Gasteiger partial charge in [-0.2, -0.15) is 13.2 Å². The van der Waals surface area contributed by atoms with Gasteiger partial charge in [0.25, 0.3) is 0 Å². The number of alkyl halides is 3. The van der Waals surface area contributed by atoms with Crippen LogP contribution in [0.1, 0.15) is 31.3 Å². The number of nitrogens with zero attached hydrogens (tertiary/aromatic N) is 2. The quantitative estimate of drug-likeness (QED) is 0.782. The summed E-state index contributed by atoms with van der Waals surface area (Å²) in [6, 6.07) is 0. The third kappa shape index (κ3) is 3.79. The Labute approximate surface area is 126 Å². The summed E-state index contributed by atoms with van der Waals surface area (Å²) < 4.78 is 49.6. The first-order valence-electron chi connectivity index (χ1n) is 7.14. The number of ether oxygens (including phenoxy) is 2. The van der Waals surface area contributed by atoms with Crippen molar-refractivity contribution in [2.24, 2.45) is 5.92 Å². The van der Waals surface area contributed by atoms with Crippen LogP contribution >= 0.6 is 0 Å². The van der Waals surface area contributed by atoms with Crippen molar-refractivity contribution in [2.45, 2.75) is 45.0 Å². The molecule has 1 aromatic heterocycles. The monoisotopic (exact) mass is 320 g/mol. The molecule has 124 valence electrons. The average molecular weight is 320 g/mol. The Morgan fingerprint density at radius 2 is 2.27 bits per heavy atom. The molecule has 0 N–H and O–H groups in total. The lowest BCUT2D eigenvalue weighted by atomic mass is 9.96. The van der Waals surface area contributed by atoms with Gasteiger partial charge in [-0.05, 0) is 13.3 Å². The van der Waals surface area contributed by atoms with E-state index in [-0.39, 0.29) is 31.6 Å². The fourth-order valence-electron chi connectivity index (χ4n) is 2.45. The number of fused-ring (bicyclic) bond motifs is 1. The van der Waals surface area contributed by atoms with Crippen molar-refractivity contribution in [1.29, 1.82) is 0 Å². The minimum absolute atomic E-state index is 0.00469. The summed E-state index contributed by atoms with van der Waals surface area (Å²) in [4.78, 5) is 15.4. The zero-order valence-corrected chi connectivity index (χ0v) is 12.5. The van der Waals surface area contributed by atoms with E-state index >= 15 is 0 Å². The number of halogens is 3. The highest BCUT2D eigenvalue weighted by molar-refractivity contribution is 5.72. The first-order chi connectivity index (χ1) is 10.3. The molecule has 2 heterocycles. The van der Waals surface area contributed by atoms with Crippen molar-refractivity contribution in [2.75, 3.05) is 13.7 Å². The second-order valence-corrected chi connectivity index (χ2v) is 5.41. The van der Waals surface area contributed by atoms with Gasteiger partial charge < -0.3 is 14.0 Å². The van der Waals surface area contributed by atoms with E-state index in [1.165, 1.54) is 6.20 Å². The van der Waals surface area contributed by atoms with Crippen LogP contribution in [-0.4, -0.2) is 35.3 Å². The first kappa shape index (κ1) is 16.8. The van der Waals surface area contributed by atoms with Crippen molar-refractivity contribution in [1.82, 2.24) is 9.55 Å². The maximum Gasteiger partial charge on any atom is 0.449 e. The molecule has 0 aliphatic carbocycles. The predicted molar refractivity (Wildman–Crippen MR) is 71.1 cm³/mol. The first-order valence-corrected chi connectivity index (χ1v) is 7.14. The van der Waals surface area contributed by atoms with Gasteiger partial charge in [0.1, 0.15) is 0 Å². The van der Waals surface area contributed by atoms with E-state index in [4.69, 9.17) is 9.47 Å². The fraction of sp³-hybridized carbons (Fsp3) is 0.714. The number of esters is 1. The van der Waals surface area contributed by atoms with Gasteiger partial charge in [-0.1, -0.05) is 0 Å². The molecule has 2 atom stereocenters. The van der Waals surface area contributed by atoms with Crippen molar-refractivity contribution in [3.63, 3.8) is 0 Å². The summed E-state index contributed by atoms with van der Waals surface area (Å²) in [6.45, 7) is 2.24. The molecule has 0 bridgehead atoms. The number of aromatic nitrogens is 2. The van der Waals surface area contributed by atoms with Gasteiger partial charge in [-0.3, -0.25) is 4.79 Å². The Kier molecular flexibility index (Phi) is 5.10.